The minimum absolute atomic E-state index is 0.103. The van der Waals surface area contributed by atoms with E-state index in [9.17, 15) is 19.2 Å². The van der Waals surface area contributed by atoms with Gasteiger partial charge < -0.3 is 28.4 Å². The SMILES string of the molecule is CCC(C)COC(=O)C(=Cc1ccc(OCOc2ccc(C=C(C(=O)OCC(C)CC)C(=O)OCC(C)CC)cc2)cc1)C(=O)OCC(C)CC. The smallest absolute Gasteiger partial charge is 0.345 e. The molecule has 0 fully saturated rings. The molecule has 4 atom stereocenters. The largest absolute Gasteiger partial charge is 0.462 e. The van der Waals surface area contributed by atoms with Gasteiger partial charge in [0.05, 0.1) is 26.4 Å². The van der Waals surface area contributed by atoms with Crippen LogP contribution in [0.5, 0.6) is 11.5 Å². The lowest BCUT2D eigenvalue weighted by molar-refractivity contribution is -0.150. The Morgan fingerprint density at radius 1 is 0.471 bits per heavy atom. The van der Waals surface area contributed by atoms with Crippen molar-refractivity contribution in [3.8, 4) is 11.5 Å². The van der Waals surface area contributed by atoms with Gasteiger partial charge in [-0.15, -0.1) is 0 Å². The fourth-order valence-electron chi connectivity index (χ4n) is 3.88. The normalized spacial score (nSPS) is 13.0. The van der Waals surface area contributed by atoms with Crippen molar-refractivity contribution in [1.29, 1.82) is 0 Å². The van der Waals surface area contributed by atoms with Gasteiger partial charge in [-0.1, -0.05) is 105 Å². The molecule has 0 spiro atoms. The molecule has 0 radical (unpaired) electrons. The van der Waals surface area contributed by atoms with E-state index >= 15 is 0 Å². The molecule has 2 aromatic carbocycles. The Balaban J connectivity index is 2.08. The van der Waals surface area contributed by atoms with Gasteiger partial charge in [0.1, 0.15) is 22.6 Å². The number of hydrogen-bond acceptors (Lipinski definition) is 10. The molecule has 0 amide bonds. The summed E-state index contributed by atoms with van der Waals surface area (Å²) >= 11 is 0. The molecule has 0 N–H and O–H groups in total. The number of benzene rings is 2. The van der Waals surface area contributed by atoms with Gasteiger partial charge in [-0.05, 0) is 71.2 Å². The average molecular weight is 709 g/mol. The van der Waals surface area contributed by atoms with Crippen LogP contribution in [0.1, 0.15) is 92.2 Å². The quantitative estimate of drug-likeness (QED) is 0.0295. The summed E-state index contributed by atoms with van der Waals surface area (Å²) in [6, 6.07) is 13.6. The number of esters is 4. The highest BCUT2D eigenvalue weighted by molar-refractivity contribution is 6.18. The predicted molar refractivity (Wildman–Crippen MR) is 197 cm³/mol. The van der Waals surface area contributed by atoms with Crippen molar-refractivity contribution < 1.29 is 47.6 Å². The van der Waals surface area contributed by atoms with Crippen LogP contribution in [0.2, 0.25) is 0 Å². The Kier molecular flexibility index (Phi) is 19.2. The highest BCUT2D eigenvalue weighted by Crippen LogP contribution is 2.20. The summed E-state index contributed by atoms with van der Waals surface area (Å²) in [5.74, 6) is -1.23. The highest BCUT2D eigenvalue weighted by atomic mass is 16.7. The van der Waals surface area contributed by atoms with Crippen LogP contribution >= 0.6 is 0 Å². The molecule has 4 unspecified atom stereocenters. The lowest BCUT2D eigenvalue weighted by atomic mass is 10.1. The summed E-state index contributed by atoms with van der Waals surface area (Å²) in [4.78, 5) is 51.4. The van der Waals surface area contributed by atoms with E-state index < -0.39 is 23.9 Å². The molecule has 2 aromatic rings. The third kappa shape index (κ3) is 15.9. The third-order valence-electron chi connectivity index (χ3n) is 8.50. The summed E-state index contributed by atoms with van der Waals surface area (Å²) in [7, 11) is 0. The molecular formula is C41H56O10. The van der Waals surface area contributed by atoms with Gasteiger partial charge in [0.2, 0.25) is 6.79 Å². The summed E-state index contributed by atoms with van der Waals surface area (Å²) in [6.45, 7) is 16.6. The van der Waals surface area contributed by atoms with Crippen LogP contribution in [0, 0.1) is 23.7 Å². The molecule has 0 bridgehead atoms. The number of carbonyl (C=O) groups is 4. The van der Waals surface area contributed by atoms with Crippen LogP contribution in [0.4, 0.5) is 0 Å². The summed E-state index contributed by atoms with van der Waals surface area (Å²) in [6.07, 6.45) is 6.27. The Labute approximate surface area is 303 Å². The van der Waals surface area contributed by atoms with E-state index in [4.69, 9.17) is 28.4 Å². The number of carbonyl (C=O) groups excluding carboxylic acids is 4. The maximum atomic E-state index is 12.8. The maximum Gasteiger partial charge on any atom is 0.345 e. The summed E-state index contributed by atoms with van der Waals surface area (Å²) < 4.78 is 33.0. The fourth-order valence-corrected chi connectivity index (χ4v) is 3.88. The molecule has 10 heteroatoms. The molecule has 0 aliphatic rings. The van der Waals surface area contributed by atoms with Gasteiger partial charge in [0, 0.05) is 0 Å². The van der Waals surface area contributed by atoms with E-state index in [1.165, 1.54) is 12.2 Å². The standard InChI is InChI=1S/C41H56O10/c1-9-28(5)23-46-38(42)36(39(43)47-24-29(6)10-2)21-32-13-17-34(18-14-32)50-27-51-35-19-15-33(16-20-35)22-37(40(44)48-25-30(7)11-3)41(45)49-26-31(8)12-4/h13-22,28-31H,9-12,23-27H2,1-8H3. The minimum atomic E-state index is -0.723. The first-order valence-corrected chi connectivity index (χ1v) is 18.0. The van der Waals surface area contributed by atoms with Crippen molar-refractivity contribution in [3.63, 3.8) is 0 Å². The van der Waals surface area contributed by atoms with Crippen molar-refractivity contribution in [2.75, 3.05) is 33.2 Å². The molecule has 51 heavy (non-hydrogen) atoms. The average Bonchev–Trinajstić information content (AvgIpc) is 3.15. The monoisotopic (exact) mass is 708 g/mol. The molecule has 280 valence electrons. The third-order valence-corrected chi connectivity index (χ3v) is 8.50. The Bertz CT molecular complexity index is 1280. The first kappa shape index (κ1) is 42.6. The van der Waals surface area contributed by atoms with E-state index in [1.807, 2.05) is 55.4 Å². The number of rotatable bonds is 22. The van der Waals surface area contributed by atoms with Crippen molar-refractivity contribution in [1.82, 2.24) is 0 Å². The summed E-state index contributed by atoms with van der Waals surface area (Å²) in [5, 5.41) is 0. The summed E-state index contributed by atoms with van der Waals surface area (Å²) in [5.41, 5.74) is 0.842. The lowest BCUT2D eigenvalue weighted by Gasteiger charge is -2.14. The van der Waals surface area contributed by atoms with E-state index in [1.54, 1.807) is 48.5 Å². The van der Waals surface area contributed by atoms with Crippen LogP contribution in [0.15, 0.2) is 59.7 Å². The number of ether oxygens (including phenoxy) is 6. The second kappa shape index (κ2) is 23.0. The Hall–Kier alpha value is -4.60. The Morgan fingerprint density at radius 3 is 0.961 bits per heavy atom. The van der Waals surface area contributed by atoms with Crippen LogP contribution < -0.4 is 9.47 Å². The fraction of sp³-hybridized carbons (Fsp3) is 0.512. The molecule has 2 rings (SSSR count). The van der Waals surface area contributed by atoms with Crippen LogP contribution in [-0.2, 0) is 38.1 Å². The zero-order valence-electron chi connectivity index (χ0n) is 31.5. The van der Waals surface area contributed by atoms with Crippen molar-refractivity contribution in [2.45, 2.75) is 81.1 Å². The van der Waals surface area contributed by atoms with Gasteiger partial charge in [-0.3, -0.25) is 0 Å². The van der Waals surface area contributed by atoms with E-state index in [0.717, 1.165) is 25.7 Å². The minimum Gasteiger partial charge on any atom is -0.462 e. The molecule has 0 aliphatic carbocycles. The van der Waals surface area contributed by atoms with Crippen LogP contribution in [-0.4, -0.2) is 57.1 Å². The zero-order valence-corrected chi connectivity index (χ0v) is 31.5. The van der Waals surface area contributed by atoms with Crippen LogP contribution in [0.25, 0.3) is 12.2 Å². The van der Waals surface area contributed by atoms with E-state index in [2.05, 4.69) is 0 Å². The first-order chi connectivity index (χ1) is 24.4. The topological polar surface area (TPSA) is 124 Å². The number of hydrogen-bond donors (Lipinski definition) is 0. The predicted octanol–water partition coefficient (Wildman–Crippen LogP) is 8.23. The van der Waals surface area contributed by atoms with Crippen molar-refractivity contribution >= 4 is 36.0 Å². The van der Waals surface area contributed by atoms with E-state index in [0.29, 0.717) is 22.6 Å². The van der Waals surface area contributed by atoms with Gasteiger partial charge in [0.15, 0.2) is 0 Å². The highest BCUT2D eigenvalue weighted by Gasteiger charge is 2.24. The molecular weight excluding hydrogens is 652 g/mol. The second-order valence-electron chi connectivity index (χ2n) is 13.1. The molecule has 10 nitrogen and oxygen atoms in total. The molecule has 0 aliphatic heterocycles. The van der Waals surface area contributed by atoms with E-state index in [-0.39, 0.29) is 68.0 Å². The van der Waals surface area contributed by atoms with Gasteiger partial charge in [-0.2, -0.15) is 0 Å². The maximum absolute atomic E-state index is 12.8. The van der Waals surface area contributed by atoms with Crippen molar-refractivity contribution in [2.24, 2.45) is 23.7 Å². The molecule has 0 aromatic heterocycles. The molecule has 0 heterocycles. The first-order valence-electron chi connectivity index (χ1n) is 18.0. The van der Waals surface area contributed by atoms with Gasteiger partial charge in [-0.25, -0.2) is 19.2 Å². The lowest BCUT2D eigenvalue weighted by Crippen LogP contribution is -2.22. The van der Waals surface area contributed by atoms with Gasteiger partial charge in [0.25, 0.3) is 0 Å². The van der Waals surface area contributed by atoms with Crippen molar-refractivity contribution in [3.05, 3.63) is 70.8 Å². The van der Waals surface area contributed by atoms with Crippen LogP contribution in [0.3, 0.4) is 0 Å². The molecule has 0 saturated carbocycles. The zero-order chi connectivity index (χ0) is 37.8. The van der Waals surface area contributed by atoms with Gasteiger partial charge >= 0.3 is 23.9 Å². The Morgan fingerprint density at radius 2 is 0.725 bits per heavy atom. The second-order valence-corrected chi connectivity index (χ2v) is 13.1. The molecule has 0 saturated heterocycles.